The van der Waals surface area contributed by atoms with Crippen LogP contribution in [0.1, 0.15) is 25.3 Å². The average molecular weight is 478 g/mol. The molecule has 2 N–H and O–H groups in total. The van der Waals surface area contributed by atoms with Crippen molar-refractivity contribution in [2.24, 2.45) is 5.92 Å². The highest BCUT2D eigenvalue weighted by atomic mass is 35.5. The molecule has 1 atom stereocenters. The number of rotatable bonds is 4. The monoisotopic (exact) mass is 477 g/mol. The minimum absolute atomic E-state index is 0.0761. The van der Waals surface area contributed by atoms with Crippen molar-refractivity contribution in [1.82, 2.24) is 4.31 Å². The largest absolute Gasteiger partial charge is 0.479 e. The number of sulfonamides is 1. The normalized spacial score (nSPS) is 19.6. The number of ether oxygens (including phenoxy) is 1. The van der Waals surface area contributed by atoms with Gasteiger partial charge in [-0.05, 0) is 62.6 Å². The third-order valence-corrected chi connectivity index (χ3v) is 8.17. The molecule has 2 aliphatic rings. The molecule has 4 rings (SSSR count). The first kappa shape index (κ1) is 22.6. The molecule has 1 fully saturated rings. The van der Waals surface area contributed by atoms with E-state index in [0.717, 1.165) is 5.56 Å². The molecule has 0 unspecified atom stereocenters. The van der Waals surface area contributed by atoms with E-state index in [1.54, 1.807) is 31.2 Å². The van der Waals surface area contributed by atoms with Crippen molar-refractivity contribution in [3.8, 4) is 5.75 Å². The van der Waals surface area contributed by atoms with E-state index in [1.807, 2.05) is 6.92 Å². The summed E-state index contributed by atoms with van der Waals surface area (Å²) >= 11 is 6.11. The third kappa shape index (κ3) is 4.32. The predicted molar refractivity (Wildman–Crippen MR) is 121 cm³/mol. The molecule has 0 saturated carbocycles. The summed E-state index contributed by atoms with van der Waals surface area (Å²) in [5.74, 6) is -0.329. The average Bonchev–Trinajstić information content (AvgIpc) is 2.77. The van der Waals surface area contributed by atoms with Crippen LogP contribution in [0.4, 0.5) is 11.4 Å². The molecule has 0 bridgehead atoms. The first-order chi connectivity index (χ1) is 15.2. The van der Waals surface area contributed by atoms with Crippen LogP contribution < -0.4 is 15.4 Å². The van der Waals surface area contributed by atoms with Crippen molar-refractivity contribution in [2.45, 2.75) is 37.7 Å². The molecule has 10 heteroatoms. The number of hydrogen-bond donors (Lipinski definition) is 2. The first-order valence-electron chi connectivity index (χ1n) is 10.3. The number of benzene rings is 2. The number of carbonyl (C=O) groups is 2. The summed E-state index contributed by atoms with van der Waals surface area (Å²) in [5, 5.41) is 6.15. The molecule has 2 aliphatic heterocycles. The third-order valence-electron chi connectivity index (χ3n) is 5.87. The standard InChI is InChI=1S/C22H24ClN3O5S/c1-13-17(23)4-3-5-18(13)24-22(28)15-8-10-26(11-9-15)32(29,30)16-6-7-20-19(12-16)25-21(27)14(2)31-20/h3-7,12,14-15H,8-11H2,1-2H3,(H,24,28)(H,25,27)/t14-/m1/s1. The van der Waals surface area contributed by atoms with Gasteiger partial charge in [0.15, 0.2) is 6.10 Å². The number of nitrogens with one attached hydrogen (secondary N) is 2. The van der Waals surface area contributed by atoms with E-state index in [4.69, 9.17) is 16.3 Å². The van der Waals surface area contributed by atoms with Crippen molar-refractivity contribution >= 4 is 44.8 Å². The van der Waals surface area contributed by atoms with Crippen molar-refractivity contribution in [1.29, 1.82) is 0 Å². The fourth-order valence-electron chi connectivity index (χ4n) is 3.83. The number of nitrogens with zero attached hydrogens (tertiary/aromatic N) is 1. The molecule has 0 aliphatic carbocycles. The van der Waals surface area contributed by atoms with E-state index in [-0.39, 0.29) is 35.7 Å². The minimum atomic E-state index is -3.77. The summed E-state index contributed by atoms with van der Waals surface area (Å²) in [6.07, 6.45) is 0.186. The molecule has 1 saturated heterocycles. The van der Waals surface area contributed by atoms with Gasteiger partial charge in [-0.3, -0.25) is 9.59 Å². The van der Waals surface area contributed by atoms with E-state index >= 15 is 0 Å². The Hall–Kier alpha value is -2.62. The van der Waals surface area contributed by atoms with Gasteiger partial charge in [-0.25, -0.2) is 8.42 Å². The molecular formula is C22H24ClN3O5S. The summed E-state index contributed by atoms with van der Waals surface area (Å²) in [5.41, 5.74) is 1.78. The van der Waals surface area contributed by atoms with Gasteiger partial charge in [0.25, 0.3) is 5.91 Å². The second kappa shape index (κ2) is 8.73. The molecule has 8 nitrogen and oxygen atoms in total. The predicted octanol–water partition coefficient (Wildman–Crippen LogP) is 3.41. The van der Waals surface area contributed by atoms with Crippen LogP contribution in [0.15, 0.2) is 41.3 Å². The number of hydrogen-bond acceptors (Lipinski definition) is 5. The highest BCUT2D eigenvalue weighted by molar-refractivity contribution is 7.89. The lowest BCUT2D eigenvalue weighted by atomic mass is 9.97. The van der Waals surface area contributed by atoms with Crippen LogP contribution in [0.3, 0.4) is 0 Å². The van der Waals surface area contributed by atoms with E-state index in [9.17, 15) is 18.0 Å². The van der Waals surface area contributed by atoms with Gasteiger partial charge in [-0.1, -0.05) is 17.7 Å². The molecule has 170 valence electrons. The van der Waals surface area contributed by atoms with Crippen LogP contribution in [0, 0.1) is 12.8 Å². The van der Waals surface area contributed by atoms with Crippen LogP contribution >= 0.6 is 11.6 Å². The molecule has 32 heavy (non-hydrogen) atoms. The fourth-order valence-corrected chi connectivity index (χ4v) is 5.50. The molecule has 0 aromatic heterocycles. The maximum absolute atomic E-state index is 13.1. The van der Waals surface area contributed by atoms with Crippen LogP contribution in [0.2, 0.25) is 5.02 Å². The SMILES string of the molecule is Cc1c(Cl)cccc1NC(=O)C1CCN(S(=O)(=O)c2ccc3c(c2)NC(=O)[C@@H](C)O3)CC1. The minimum Gasteiger partial charge on any atom is -0.479 e. The van der Waals surface area contributed by atoms with Gasteiger partial charge in [0.1, 0.15) is 5.75 Å². The number of piperidine rings is 1. The fraction of sp³-hybridized carbons (Fsp3) is 0.364. The Morgan fingerprint density at radius 1 is 1.22 bits per heavy atom. The molecule has 0 spiro atoms. The molecule has 0 radical (unpaired) electrons. The van der Waals surface area contributed by atoms with Crippen LogP contribution in [0.5, 0.6) is 5.75 Å². The lowest BCUT2D eigenvalue weighted by Crippen LogP contribution is -2.41. The van der Waals surface area contributed by atoms with Crippen LogP contribution in [0.25, 0.3) is 0 Å². The quantitative estimate of drug-likeness (QED) is 0.702. The Morgan fingerprint density at radius 2 is 1.94 bits per heavy atom. The smallest absolute Gasteiger partial charge is 0.265 e. The number of carbonyl (C=O) groups excluding carboxylic acids is 2. The van der Waals surface area contributed by atoms with E-state index in [0.29, 0.717) is 35.0 Å². The highest BCUT2D eigenvalue weighted by Gasteiger charge is 2.33. The molecule has 2 amide bonds. The van der Waals surface area contributed by atoms with Gasteiger partial charge in [0.05, 0.1) is 10.6 Å². The topological polar surface area (TPSA) is 105 Å². The lowest BCUT2D eigenvalue weighted by molar-refractivity contribution is -0.123. The number of anilines is 2. The van der Waals surface area contributed by atoms with Gasteiger partial charge in [0.2, 0.25) is 15.9 Å². The van der Waals surface area contributed by atoms with E-state index in [2.05, 4.69) is 10.6 Å². The van der Waals surface area contributed by atoms with Crippen LogP contribution in [-0.2, 0) is 19.6 Å². The Bertz CT molecular complexity index is 1180. The Kier molecular flexibility index (Phi) is 6.15. The zero-order valence-corrected chi connectivity index (χ0v) is 19.3. The van der Waals surface area contributed by atoms with Crippen LogP contribution in [-0.4, -0.2) is 43.7 Å². The number of halogens is 1. The summed E-state index contributed by atoms with van der Waals surface area (Å²) in [6.45, 7) is 3.91. The van der Waals surface area contributed by atoms with Gasteiger partial charge in [-0.2, -0.15) is 4.31 Å². The van der Waals surface area contributed by atoms with E-state index in [1.165, 1.54) is 16.4 Å². The van der Waals surface area contributed by atoms with Gasteiger partial charge in [-0.15, -0.1) is 0 Å². The van der Waals surface area contributed by atoms with Gasteiger partial charge < -0.3 is 15.4 Å². The Labute approximate surface area is 191 Å². The summed E-state index contributed by atoms with van der Waals surface area (Å²) in [4.78, 5) is 24.6. The highest BCUT2D eigenvalue weighted by Crippen LogP contribution is 2.34. The molecule has 2 aromatic rings. The van der Waals surface area contributed by atoms with E-state index < -0.39 is 16.1 Å². The molecule has 2 aromatic carbocycles. The van der Waals surface area contributed by atoms with Crippen molar-refractivity contribution in [2.75, 3.05) is 23.7 Å². The van der Waals surface area contributed by atoms with Gasteiger partial charge in [0, 0.05) is 29.7 Å². The second-order valence-electron chi connectivity index (χ2n) is 7.99. The lowest BCUT2D eigenvalue weighted by Gasteiger charge is -2.31. The number of amides is 2. The zero-order chi connectivity index (χ0) is 23.0. The van der Waals surface area contributed by atoms with Crippen molar-refractivity contribution in [3.05, 3.63) is 47.0 Å². The Morgan fingerprint density at radius 3 is 2.66 bits per heavy atom. The first-order valence-corrected chi connectivity index (χ1v) is 12.2. The second-order valence-corrected chi connectivity index (χ2v) is 10.3. The maximum Gasteiger partial charge on any atom is 0.265 e. The summed E-state index contributed by atoms with van der Waals surface area (Å²) in [7, 11) is -3.77. The Balaban J connectivity index is 1.42. The van der Waals surface area contributed by atoms with Crippen molar-refractivity contribution in [3.63, 3.8) is 0 Å². The zero-order valence-electron chi connectivity index (χ0n) is 17.7. The summed E-state index contributed by atoms with van der Waals surface area (Å²) < 4.78 is 33.1. The molecule has 2 heterocycles. The van der Waals surface area contributed by atoms with Gasteiger partial charge >= 0.3 is 0 Å². The van der Waals surface area contributed by atoms with Crippen molar-refractivity contribution < 1.29 is 22.7 Å². The maximum atomic E-state index is 13.1. The number of fused-ring (bicyclic) bond motifs is 1. The summed E-state index contributed by atoms with van der Waals surface area (Å²) in [6, 6.07) is 9.75. The molecular weight excluding hydrogens is 454 g/mol.